The first-order chi connectivity index (χ1) is 10.1. The van der Waals surface area contributed by atoms with E-state index in [1.54, 1.807) is 23.9 Å². The third kappa shape index (κ3) is 5.04. The van der Waals surface area contributed by atoms with Gasteiger partial charge < -0.3 is 10.6 Å². The molecule has 1 aromatic rings. The fourth-order valence-corrected chi connectivity index (χ4v) is 2.85. The van der Waals surface area contributed by atoms with Crippen LogP contribution >= 0.6 is 27.7 Å². The van der Waals surface area contributed by atoms with E-state index < -0.39 is 6.04 Å². The maximum atomic E-state index is 12.3. The van der Waals surface area contributed by atoms with Crippen molar-refractivity contribution in [3.05, 3.63) is 34.3 Å². The van der Waals surface area contributed by atoms with Gasteiger partial charge in [-0.2, -0.15) is 11.8 Å². The van der Waals surface area contributed by atoms with Crippen LogP contribution in [-0.2, 0) is 4.79 Å². The van der Waals surface area contributed by atoms with Crippen molar-refractivity contribution in [2.45, 2.75) is 31.3 Å². The molecule has 114 valence electrons. The monoisotopic (exact) mass is 370 g/mol. The van der Waals surface area contributed by atoms with E-state index >= 15 is 0 Å². The third-order valence-electron chi connectivity index (χ3n) is 3.27. The van der Waals surface area contributed by atoms with E-state index in [4.69, 9.17) is 0 Å². The van der Waals surface area contributed by atoms with Crippen molar-refractivity contribution in [1.82, 2.24) is 10.6 Å². The maximum Gasteiger partial charge on any atom is 0.253 e. The van der Waals surface area contributed by atoms with Crippen LogP contribution in [0.2, 0.25) is 0 Å². The van der Waals surface area contributed by atoms with Crippen LogP contribution in [0, 0.1) is 0 Å². The molecule has 1 aromatic carbocycles. The van der Waals surface area contributed by atoms with E-state index in [0.29, 0.717) is 18.0 Å². The number of carbonyl (C=O) groups is 2. The summed E-state index contributed by atoms with van der Waals surface area (Å²) in [4.78, 5) is 24.5. The Bertz CT molecular complexity index is 520. The molecule has 1 atom stereocenters. The lowest BCUT2D eigenvalue weighted by atomic mass is 10.1. The fourth-order valence-electron chi connectivity index (χ4n) is 1.92. The predicted octanol–water partition coefficient (Wildman–Crippen LogP) is 2.58. The van der Waals surface area contributed by atoms with Gasteiger partial charge in [0.15, 0.2) is 0 Å². The van der Waals surface area contributed by atoms with Gasteiger partial charge in [0.05, 0.1) is 5.56 Å². The highest BCUT2D eigenvalue weighted by molar-refractivity contribution is 9.10. The molecule has 4 nitrogen and oxygen atoms in total. The minimum Gasteiger partial charge on any atom is -0.352 e. The number of carbonyl (C=O) groups excluding carboxylic acids is 2. The van der Waals surface area contributed by atoms with Gasteiger partial charge in [0, 0.05) is 10.5 Å². The van der Waals surface area contributed by atoms with Crippen molar-refractivity contribution in [3.63, 3.8) is 0 Å². The number of hydrogen-bond acceptors (Lipinski definition) is 3. The van der Waals surface area contributed by atoms with Gasteiger partial charge in [-0.1, -0.05) is 12.1 Å². The summed E-state index contributed by atoms with van der Waals surface area (Å²) in [7, 11) is 0. The number of hydrogen-bond donors (Lipinski definition) is 2. The van der Waals surface area contributed by atoms with Gasteiger partial charge in [0.1, 0.15) is 6.04 Å². The highest BCUT2D eigenvalue weighted by Gasteiger charge is 2.28. The van der Waals surface area contributed by atoms with Crippen LogP contribution in [-0.4, -0.2) is 35.9 Å². The standard InChI is InChI=1S/C15H19BrN2O2S/c1-21-9-8-13(15(20)17-10-6-7-10)18-14(19)11-4-2-3-5-12(11)16/h2-5,10,13H,6-9H2,1H3,(H,17,20)(H,18,19)/t13-/m1/s1. The molecule has 0 unspecified atom stereocenters. The van der Waals surface area contributed by atoms with Gasteiger partial charge >= 0.3 is 0 Å². The average Bonchev–Trinajstić information content (AvgIpc) is 3.27. The van der Waals surface area contributed by atoms with Gasteiger partial charge in [-0.05, 0) is 59.3 Å². The third-order valence-corrected chi connectivity index (χ3v) is 4.61. The molecule has 6 heteroatoms. The molecule has 2 rings (SSSR count). The minimum atomic E-state index is -0.474. The Labute approximate surface area is 137 Å². The molecule has 0 aromatic heterocycles. The Morgan fingerprint density at radius 3 is 2.71 bits per heavy atom. The van der Waals surface area contributed by atoms with E-state index in [-0.39, 0.29) is 11.8 Å². The summed E-state index contributed by atoms with van der Waals surface area (Å²) in [5, 5.41) is 5.81. The van der Waals surface area contributed by atoms with Crippen molar-refractivity contribution < 1.29 is 9.59 Å². The molecule has 2 N–H and O–H groups in total. The number of thioether (sulfide) groups is 1. The van der Waals surface area contributed by atoms with Crippen molar-refractivity contribution in [2.24, 2.45) is 0 Å². The van der Waals surface area contributed by atoms with Crippen molar-refractivity contribution in [1.29, 1.82) is 0 Å². The van der Waals surface area contributed by atoms with Crippen molar-refractivity contribution in [2.75, 3.05) is 12.0 Å². The van der Waals surface area contributed by atoms with Gasteiger partial charge in [-0.3, -0.25) is 9.59 Å². The molecule has 1 saturated carbocycles. The van der Waals surface area contributed by atoms with Crippen LogP contribution in [0.3, 0.4) is 0 Å². The lowest BCUT2D eigenvalue weighted by molar-refractivity contribution is -0.123. The first kappa shape index (κ1) is 16.4. The van der Waals surface area contributed by atoms with E-state index in [9.17, 15) is 9.59 Å². The summed E-state index contributed by atoms with van der Waals surface area (Å²) < 4.78 is 0.730. The molecule has 0 bridgehead atoms. The molecule has 0 saturated heterocycles. The summed E-state index contributed by atoms with van der Waals surface area (Å²) in [6.45, 7) is 0. The molecule has 2 amide bonds. The van der Waals surface area contributed by atoms with Gasteiger partial charge in [0.2, 0.25) is 5.91 Å². The molecular formula is C15H19BrN2O2S. The zero-order chi connectivity index (χ0) is 15.2. The number of amides is 2. The van der Waals surface area contributed by atoms with E-state index in [1.165, 1.54) is 0 Å². The van der Waals surface area contributed by atoms with Gasteiger partial charge in [-0.15, -0.1) is 0 Å². The van der Waals surface area contributed by atoms with Crippen LogP contribution in [0.5, 0.6) is 0 Å². The lowest BCUT2D eigenvalue weighted by Crippen LogP contribution is -2.47. The van der Waals surface area contributed by atoms with Crippen LogP contribution in [0.1, 0.15) is 29.6 Å². The highest BCUT2D eigenvalue weighted by atomic mass is 79.9. The first-order valence-corrected chi connectivity index (χ1v) is 9.15. The quantitative estimate of drug-likeness (QED) is 0.775. The smallest absolute Gasteiger partial charge is 0.253 e. The minimum absolute atomic E-state index is 0.0769. The molecular weight excluding hydrogens is 352 g/mol. The van der Waals surface area contributed by atoms with Crippen LogP contribution in [0.4, 0.5) is 0 Å². The molecule has 21 heavy (non-hydrogen) atoms. The fraction of sp³-hybridized carbons (Fsp3) is 0.467. The summed E-state index contributed by atoms with van der Waals surface area (Å²) in [5.41, 5.74) is 0.547. The lowest BCUT2D eigenvalue weighted by Gasteiger charge is -2.18. The molecule has 0 spiro atoms. The molecule has 0 aliphatic heterocycles. The summed E-state index contributed by atoms with van der Waals surface area (Å²) >= 11 is 5.03. The normalized spacial score (nSPS) is 15.3. The first-order valence-electron chi connectivity index (χ1n) is 6.96. The molecule has 1 fully saturated rings. The van der Waals surface area contributed by atoms with Crippen molar-refractivity contribution in [3.8, 4) is 0 Å². The topological polar surface area (TPSA) is 58.2 Å². The average molecular weight is 371 g/mol. The second-order valence-corrected chi connectivity index (χ2v) is 6.91. The SMILES string of the molecule is CSCC[C@@H](NC(=O)c1ccccc1Br)C(=O)NC1CC1. The Balaban J connectivity index is 2.01. The van der Waals surface area contributed by atoms with Crippen LogP contribution < -0.4 is 10.6 Å². The van der Waals surface area contributed by atoms with E-state index in [0.717, 1.165) is 23.1 Å². The summed E-state index contributed by atoms with van der Waals surface area (Å²) in [6, 6.07) is 7.04. The zero-order valence-electron chi connectivity index (χ0n) is 11.9. The maximum absolute atomic E-state index is 12.3. The molecule has 1 aliphatic carbocycles. The summed E-state index contributed by atoms with van der Waals surface area (Å²) in [5.74, 6) is 0.533. The van der Waals surface area contributed by atoms with Crippen LogP contribution in [0.15, 0.2) is 28.7 Å². The Morgan fingerprint density at radius 2 is 2.10 bits per heavy atom. The number of halogens is 1. The highest BCUT2D eigenvalue weighted by Crippen LogP contribution is 2.19. The van der Waals surface area contributed by atoms with Crippen molar-refractivity contribution >= 4 is 39.5 Å². The molecule has 1 aliphatic rings. The summed E-state index contributed by atoms with van der Waals surface area (Å²) in [6.07, 6.45) is 4.71. The van der Waals surface area contributed by atoms with Gasteiger partial charge in [0.25, 0.3) is 5.91 Å². The Hall–Kier alpha value is -1.01. The Kier molecular flexibility index (Phi) is 6.11. The Morgan fingerprint density at radius 1 is 1.38 bits per heavy atom. The molecule has 0 heterocycles. The predicted molar refractivity (Wildman–Crippen MR) is 89.6 cm³/mol. The molecule has 0 radical (unpaired) electrons. The number of benzene rings is 1. The van der Waals surface area contributed by atoms with E-state index in [1.807, 2.05) is 18.4 Å². The van der Waals surface area contributed by atoms with Crippen LogP contribution in [0.25, 0.3) is 0 Å². The largest absolute Gasteiger partial charge is 0.352 e. The number of rotatable bonds is 7. The second-order valence-electron chi connectivity index (χ2n) is 5.07. The number of nitrogens with one attached hydrogen (secondary N) is 2. The second kappa shape index (κ2) is 7.84. The van der Waals surface area contributed by atoms with Gasteiger partial charge in [-0.25, -0.2) is 0 Å². The zero-order valence-corrected chi connectivity index (χ0v) is 14.3. The van der Waals surface area contributed by atoms with E-state index in [2.05, 4.69) is 26.6 Å².